The van der Waals surface area contributed by atoms with E-state index >= 15 is 0 Å². The Morgan fingerprint density at radius 1 is 0.667 bits per heavy atom. The fourth-order valence-electron chi connectivity index (χ4n) is 3.75. The molecule has 2 amide bonds. The van der Waals surface area contributed by atoms with E-state index in [4.69, 9.17) is 5.73 Å². The molecule has 5 rings (SSSR count). The molecule has 5 aromatic rings. The number of nitrogens with two attached hydrogens (primary N) is 1. The van der Waals surface area contributed by atoms with Crippen LogP contribution in [0.4, 0.5) is 28.4 Å². The molecule has 0 saturated carbocycles. The molecule has 8 heteroatoms. The molecule has 2 aromatic heterocycles. The van der Waals surface area contributed by atoms with Gasteiger partial charge in [-0.15, -0.1) is 0 Å². The van der Waals surface area contributed by atoms with Gasteiger partial charge in [-0.25, -0.2) is 0 Å². The van der Waals surface area contributed by atoms with Crippen molar-refractivity contribution < 1.29 is 9.59 Å². The standard InChI is InChI=1S/C28H22N6O2/c29-27(35)19-6-9-25-24(16-19)26(12-15-31-25)33-20-7-4-18(5-8-20)28(36)34-23-3-1-2-22(17-23)32-21-10-13-30-14-11-21/h1-17H,(H2,29,35)(H,30,32)(H,31,33)(H,34,36). The number of pyridine rings is 2. The van der Waals surface area contributed by atoms with Gasteiger partial charge in [-0.2, -0.15) is 0 Å². The molecular weight excluding hydrogens is 452 g/mol. The summed E-state index contributed by atoms with van der Waals surface area (Å²) >= 11 is 0. The van der Waals surface area contributed by atoms with E-state index in [2.05, 4.69) is 25.9 Å². The first-order valence-corrected chi connectivity index (χ1v) is 11.2. The number of amides is 2. The molecular formula is C28H22N6O2. The lowest BCUT2D eigenvalue weighted by Crippen LogP contribution is -2.12. The second-order valence-corrected chi connectivity index (χ2v) is 8.05. The maximum atomic E-state index is 12.8. The molecule has 176 valence electrons. The largest absolute Gasteiger partial charge is 0.366 e. The van der Waals surface area contributed by atoms with Crippen molar-refractivity contribution in [2.45, 2.75) is 0 Å². The van der Waals surface area contributed by atoms with Gasteiger partial charge in [-0.1, -0.05) is 6.07 Å². The van der Waals surface area contributed by atoms with Gasteiger partial charge in [-0.05, 0) is 78.9 Å². The number of nitrogens with one attached hydrogen (secondary N) is 3. The van der Waals surface area contributed by atoms with Gasteiger partial charge < -0.3 is 21.7 Å². The summed E-state index contributed by atoms with van der Waals surface area (Å²) < 4.78 is 0. The topological polar surface area (TPSA) is 122 Å². The third-order valence-electron chi connectivity index (χ3n) is 5.54. The second-order valence-electron chi connectivity index (χ2n) is 8.05. The molecule has 0 spiro atoms. The summed E-state index contributed by atoms with van der Waals surface area (Å²) in [5, 5.41) is 10.3. The van der Waals surface area contributed by atoms with Crippen LogP contribution in [0.5, 0.6) is 0 Å². The summed E-state index contributed by atoms with van der Waals surface area (Å²) in [5.41, 5.74) is 11.1. The van der Waals surface area contributed by atoms with E-state index in [1.54, 1.807) is 48.9 Å². The fourth-order valence-corrected chi connectivity index (χ4v) is 3.75. The lowest BCUT2D eigenvalue weighted by molar-refractivity contribution is 0.0997. The minimum Gasteiger partial charge on any atom is -0.366 e. The van der Waals surface area contributed by atoms with Gasteiger partial charge in [0.1, 0.15) is 0 Å². The van der Waals surface area contributed by atoms with Crippen LogP contribution in [-0.2, 0) is 0 Å². The minimum atomic E-state index is -0.499. The zero-order chi connectivity index (χ0) is 24.9. The van der Waals surface area contributed by atoms with Crippen molar-refractivity contribution in [3.05, 3.63) is 115 Å². The van der Waals surface area contributed by atoms with E-state index in [-0.39, 0.29) is 5.91 Å². The fraction of sp³-hybridized carbons (Fsp3) is 0. The van der Waals surface area contributed by atoms with Crippen molar-refractivity contribution in [2.75, 3.05) is 16.0 Å². The Kier molecular flexibility index (Phi) is 6.23. The Labute approximate surface area is 207 Å². The molecule has 5 N–H and O–H groups in total. The van der Waals surface area contributed by atoms with Crippen LogP contribution in [0.15, 0.2) is 104 Å². The number of aromatic nitrogens is 2. The number of anilines is 5. The number of fused-ring (bicyclic) bond motifs is 1. The van der Waals surface area contributed by atoms with Gasteiger partial charge in [-0.3, -0.25) is 19.6 Å². The molecule has 0 saturated heterocycles. The van der Waals surface area contributed by atoms with Gasteiger partial charge in [0.25, 0.3) is 5.91 Å². The monoisotopic (exact) mass is 474 g/mol. The molecule has 2 heterocycles. The van der Waals surface area contributed by atoms with E-state index in [0.717, 1.165) is 33.7 Å². The molecule has 0 unspecified atom stereocenters. The smallest absolute Gasteiger partial charge is 0.255 e. The normalized spacial score (nSPS) is 10.6. The zero-order valence-corrected chi connectivity index (χ0v) is 19.1. The number of primary amides is 1. The Balaban J connectivity index is 1.29. The Morgan fingerprint density at radius 2 is 1.39 bits per heavy atom. The van der Waals surface area contributed by atoms with Crippen LogP contribution in [-0.4, -0.2) is 21.8 Å². The maximum absolute atomic E-state index is 12.8. The van der Waals surface area contributed by atoms with Crippen LogP contribution in [0.25, 0.3) is 10.9 Å². The van der Waals surface area contributed by atoms with Crippen LogP contribution in [0.2, 0.25) is 0 Å². The third-order valence-corrected chi connectivity index (χ3v) is 5.54. The van der Waals surface area contributed by atoms with E-state index in [0.29, 0.717) is 16.8 Å². The summed E-state index contributed by atoms with van der Waals surface area (Å²) in [6, 6.07) is 25.3. The molecule has 0 aliphatic rings. The highest BCUT2D eigenvalue weighted by atomic mass is 16.2. The minimum absolute atomic E-state index is 0.219. The van der Waals surface area contributed by atoms with Crippen molar-refractivity contribution in [1.82, 2.24) is 9.97 Å². The summed E-state index contributed by atoms with van der Waals surface area (Å²) in [5.74, 6) is -0.719. The Hall–Kier alpha value is -5.24. The number of hydrogen-bond donors (Lipinski definition) is 4. The lowest BCUT2D eigenvalue weighted by Gasteiger charge is -2.12. The first kappa shape index (κ1) is 22.5. The summed E-state index contributed by atoms with van der Waals surface area (Å²) in [7, 11) is 0. The molecule has 36 heavy (non-hydrogen) atoms. The number of hydrogen-bond acceptors (Lipinski definition) is 6. The molecule has 8 nitrogen and oxygen atoms in total. The van der Waals surface area contributed by atoms with E-state index < -0.39 is 5.91 Å². The first-order valence-electron chi connectivity index (χ1n) is 11.2. The van der Waals surface area contributed by atoms with Crippen molar-refractivity contribution in [3.63, 3.8) is 0 Å². The molecule has 3 aromatic carbocycles. The predicted molar refractivity (Wildman–Crippen MR) is 142 cm³/mol. The second kappa shape index (κ2) is 9.94. The van der Waals surface area contributed by atoms with Crippen LogP contribution in [0.1, 0.15) is 20.7 Å². The molecule has 0 atom stereocenters. The quantitative estimate of drug-likeness (QED) is 0.248. The average Bonchev–Trinajstić information content (AvgIpc) is 2.90. The van der Waals surface area contributed by atoms with Crippen molar-refractivity contribution in [1.29, 1.82) is 0 Å². The molecule has 0 aliphatic carbocycles. The van der Waals surface area contributed by atoms with Crippen LogP contribution in [0.3, 0.4) is 0 Å². The summed E-state index contributed by atoms with van der Waals surface area (Å²) in [4.78, 5) is 32.7. The summed E-state index contributed by atoms with van der Waals surface area (Å²) in [6.45, 7) is 0. The highest BCUT2D eigenvalue weighted by Gasteiger charge is 2.09. The maximum Gasteiger partial charge on any atom is 0.255 e. The molecule has 0 fully saturated rings. The lowest BCUT2D eigenvalue weighted by atomic mass is 10.1. The Bertz CT molecular complexity index is 1550. The van der Waals surface area contributed by atoms with Gasteiger partial charge in [0.15, 0.2) is 0 Å². The average molecular weight is 475 g/mol. The molecule has 0 aliphatic heterocycles. The van der Waals surface area contributed by atoms with Gasteiger partial charge in [0.05, 0.1) is 5.52 Å². The molecule has 0 bridgehead atoms. The zero-order valence-electron chi connectivity index (χ0n) is 19.1. The Morgan fingerprint density at radius 3 is 2.17 bits per heavy atom. The SMILES string of the molecule is NC(=O)c1ccc2nccc(Nc3ccc(C(=O)Nc4cccc(Nc5ccncc5)c4)cc3)c2c1. The number of nitrogens with zero attached hydrogens (tertiary/aromatic N) is 2. The summed E-state index contributed by atoms with van der Waals surface area (Å²) in [6.07, 6.45) is 5.11. The predicted octanol–water partition coefficient (Wildman–Crippen LogP) is 5.47. The van der Waals surface area contributed by atoms with Crippen molar-refractivity contribution >= 4 is 51.2 Å². The van der Waals surface area contributed by atoms with Crippen molar-refractivity contribution in [2.24, 2.45) is 5.73 Å². The third kappa shape index (κ3) is 5.13. The van der Waals surface area contributed by atoms with Crippen LogP contribution >= 0.6 is 0 Å². The number of rotatable bonds is 7. The van der Waals surface area contributed by atoms with E-state index in [1.807, 2.05) is 54.6 Å². The highest BCUT2D eigenvalue weighted by molar-refractivity contribution is 6.05. The highest BCUT2D eigenvalue weighted by Crippen LogP contribution is 2.26. The number of benzene rings is 3. The van der Waals surface area contributed by atoms with Gasteiger partial charge in [0.2, 0.25) is 5.91 Å². The molecule has 0 radical (unpaired) electrons. The number of carbonyl (C=O) groups excluding carboxylic acids is 2. The van der Waals surface area contributed by atoms with Gasteiger partial charge >= 0.3 is 0 Å². The van der Waals surface area contributed by atoms with Crippen molar-refractivity contribution in [3.8, 4) is 0 Å². The first-order chi connectivity index (χ1) is 17.5. The van der Waals surface area contributed by atoms with Crippen LogP contribution in [0, 0.1) is 0 Å². The van der Waals surface area contributed by atoms with E-state index in [1.165, 1.54) is 0 Å². The van der Waals surface area contributed by atoms with Gasteiger partial charge in [0, 0.05) is 63.5 Å². The number of carbonyl (C=O) groups is 2. The van der Waals surface area contributed by atoms with Crippen LogP contribution < -0.4 is 21.7 Å². The van der Waals surface area contributed by atoms with E-state index in [9.17, 15) is 9.59 Å².